The summed E-state index contributed by atoms with van der Waals surface area (Å²) in [5, 5.41) is 18.1. The number of rotatable bonds is 5. The second kappa shape index (κ2) is 10.4. The Balaban J connectivity index is 0.00000280. The molecular formula is C18H25IN6O3. The number of nitrogens with zero attached hydrogens (tertiary/aromatic N) is 5. The zero-order valence-electron chi connectivity index (χ0n) is 16.0. The number of nitro groups is 1. The van der Waals surface area contributed by atoms with Crippen LogP contribution in [0.2, 0.25) is 0 Å². The van der Waals surface area contributed by atoms with E-state index in [0.29, 0.717) is 6.54 Å². The molecule has 2 aromatic rings. The molecule has 28 heavy (non-hydrogen) atoms. The van der Waals surface area contributed by atoms with Crippen molar-refractivity contribution < 1.29 is 9.45 Å². The van der Waals surface area contributed by atoms with Gasteiger partial charge in [0.2, 0.25) is 0 Å². The lowest BCUT2D eigenvalue weighted by atomic mass is 10.2. The maximum Gasteiger partial charge on any atom is 0.269 e. The average Bonchev–Trinajstić information content (AvgIpc) is 3.08. The maximum absolute atomic E-state index is 10.7. The van der Waals surface area contributed by atoms with Crippen molar-refractivity contribution in [3.05, 3.63) is 57.5 Å². The highest BCUT2D eigenvalue weighted by atomic mass is 127. The van der Waals surface area contributed by atoms with E-state index in [1.54, 1.807) is 19.2 Å². The van der Waals surface area contributed by atoms with Crippen LogP contribution >= 0.6 is 24.0 Å². The van der Waals surface area contributed by atoms with Crippen molar-refractivity contribution in [2.24, 2.45) is 4.99 Å². The SMILES string of the molecule is CN=C(NCc1ccc([N+](=O)[O-])cc1)N1CCN(Cc2cc(C)on2)CC1.I. The summed E-state index contributed by atoms with van der Waals surface area (Å²) in [5.74, 6) is 1.67. The van der Waals surface area contributed by atoms with E-state index in [4.69, 9.17) is 4.52 Å². The minimum absolute atomic E-state index is 0. The van der Waals surface area contributed by atoms with Crippen molar-refractivity contribution in [2.45, 2.75) is 20.0 Å². The van der Waals surface area contributed by atoms with Crippen LogP contribution in [0.15, 0.2) is 39.8 Å². The van der Waals surface area contributed by atoms with Gasteiger partial charge in [-0.2, -0.15) is 0 Å². The van der Waals surface area contributed by atoms with Gasteiger partial charge in [0.25, 0.3) is 5.69 Å². The van der Waals surface area contributed by atoms with Crippen molar-refractivity contribution in [1.29, 1.82) is 0 Å². The number of aromatic nitrogens is 1. The molecule has 0 aliphatic carbocycles. The van der Waals surface area contributed by atoms with E-state index < -0.39 is 4.92 Å². The molecule has 10 heteroatoms. The highest BCUT2D eigenvalue weighted by Gasteiger charge is 2.20. The van der Waals surface area contributed by atoms with Crippen LogP contribution in [0.3, 0.4) is 0 Å². The van der Waals surface area contributed by atoms with Crippen LogP contribution in [0.1, 0.15) is 17.0 Å². The van der Waals surface area contributed by atoms with Crippen LogP contribution in [0.25, 0.3) is 0 Å². The Morgan fingerprint density at radius 2 is 1.96 bits per heavy atom. The Morgan fingerprint density at radius 3 is 2.50 bits per heavy atom. The summed E-state index contributed by atoms with van der Waals surface area (Å²) >= 11 is 0. The third kappa shape index (κ3) is 5.89. The highest BCUT2D eigenvalue weighted by molar-refractivity contribution is 14.0. The maximum atomic E-state index is 10.7. The van der Waals surface area contributed by atoms with Crippen molar-refractivity contribution in [1.82, 2.24) is 20.3 Å². The van der Waals surface area contributed by atoms with Crippen molar-refractivity contribution in [3.8, 4) is 0 Å². The van der Waals surface area contributed by atoms with E-state index in [1.165, 1.54) is 12.1 Å². The number of piperazine rings is 1. The predicted octanol–water partition coefficient (Wildman–Crippen LogP) is 2.40. The number of guanidine groups is 1. The normalized spacial score (nSPS) is 15.2. The Morgan fingerprint density at radius 1 is 1.29 bits per heavy atom. The molecule has 3 rings (SSSR count). The fourth-order valence-electron chi connectivity index (χ4n) is 3.09. The molecule has 1 aromatic carbocycles. The summed E-state index contributed by atoms with van der Waals surface area (Å²) in [6, 6.07) is 8.53. The summed E-state index contributed by atoms with van der Waals surface area (Å²) in [4.78, 5) is 19.3. The van der Waals surface area contributed by atoms with Gasteiger partial charge in [-0.3, -0.25) is 20.0 Å². The minimum Gasteiger partial charge on any atom is -0.361 e. The smallest absolute Gasteiger partial charge is 0.269 e. The zero-order valence-corrected chi connectivity index (χ0v) is 18.3. The molecule has 152 valence electrons. The molecule has 1 N–H and O–H groups in total. The molecule has 0 atom stereocenters. The summed E-state index contributed by atoms with van der Waals surface area (Å²) in [6.07, 6.45) is 0. The molecule has 0 saturated carbocycles. The van der Waals surface area contributed by atoms with E-state index in [2.05, 4.69) is 25.3 Å². The molecule has 1 fully saturated rings. The Kier molecular flexibility index (Phi) is 8.18. The third-order valence-electron chi connectivity index (χ3n) is 4.54. The molecule has 0 radical (unpaired) electrons. The quantitative estimate of drug-likeness (QED) is 0.221. The predicted molar refractivity (Wildman–Crippen MR) is 117 cm³/mol. The molecule has 1 saturated heterocycles. The van der Waals surface area contributed by atoms with Crippen LogP contribution in [0.5, 0.6) is 0 Å². The first kappa shape index (κ1) is 22.1. The van der Waals surface area contributed by atoms with Gasteiger partial charge in [-0.1, -0.05) is 17.3 Å². The lowest BCUT2D eigenvalue weighted by molar-refractivity contribution is -0.384. The van der Waals surface area contributed by atoms with Crippen molar-refractivity contribution in [2.75, 3.05) is 33.2 Å². The molecule has 1 aliphatic rings. The van der Waals surface area contributed by atoms with Crippen LogP contribution in [-0.2, 0) is 13.1 Å². The second-order valence-corrected chi connectivity index (χ2v) is 6.52. The van der Waals surface area contributed by atoms with Crippen LogP contribution in [0, 0.1) is 17.0 Å². The molecule has 0 bridgehead atoms. The summed E-state index contributed by atoms with van der Waals surface area (Å²) in [5.41, 5.74) is 2.03. The largest absolute Gasteiger partial charge is 0.361 e. The van der Waals surface area contributed by atoms with Gasteiger partial charge in [0.05, 0.1) is 10.6 Å². The van der Waals surface area contributed by atoms with E-state index in [-0.39, 0.29) is 29.7 Å². The Hall–Kier alpha value is -2.21. The van der Waals surface area contributed by atoms with E-state index in [0.717, 1.165) is 55.7 Å². The molecule has 2 heterocycles. The van der Waals surface area contributed by atoms with Gasteiger partial charge in [0.1, 0.15) is 5.76 Å². The van der Waals surface area contributed by atoms with Gasteiger partial charge >= 0.3 is 0 Å². The number of halogens is 1. The summed E-state index contributed by atoms with van der Waals surface area (Å²) < 4.78 is 5.12. The Bertz CT molecular complexity index is 800. The third-order valence-corrected chi connectivity index (χ3v) is 4.54. The van der Waals surface area contributed by atoms with Gasteiger partial charge < -0.3 is 14.7 Å². The molecule has 1 aromatic heterocycles. The average molecular weight is 500 g/mol. The molecular weight excluding hydrogens is 475 g/mol. The number of nitrogens with one attached hydrogen (secondary N) is 1. The summed E-state index contributed by atoms with van der Waals surface area (Å²) in [7, 11) is 1.77. The molecule has 0 amide bonds. The fraction of sp³-hybridized carbons (Fsp3) is 0.444. The number of hydrogen-bond donors (Lipinski definition) is 1. The number of nitro benzene ring substituents is 1. The van der Waals surface area contributed by atoms with Crippen LogP contribution in [-0.4, -0.2) is 59.1 Å². The number of non-ortho nitro benzene ring substituents is 1. The number of aryl methyl sites for hydroxylation is 1. The van der Waals surface area contributed by atoms with Gasteiger partial charge in [-0.05, 0) is 12.5 Å². The number of hydrogen-bond acceptors (Lipinski definition) is 6. The van der Waals surface area contributed by atoms with E-state index in [1.807, 2.05) is 13.0 Å². The van der Waals surface area contributed by atoms with Gasteiger partial charge in [0.15, 0.2) is 5.96 Å². The van der Waals surface area contributed by atoms with Gasteiger partial charge in [-0.25, -0.2) is 0 Å². The monoisotopic (exact) mass is 500 g/mol. The first-order chi connectivity index (χ1) is 13.0. The van der Waals surface area contributed by atoms with Crippen molar-refractivity contribution >= 4 is 35.6 Å². The standard InChI is InChI=1S/C18H24N6O3.HI/c1-14-11-16(21-27-14)13-22-7-9-23(10-8-22)18(19-2)20-12-15-3-5-17(6-4-15)24(25)26;/h3-6,11H,7-10,12-13H2,1-2H3,(H,19,20);1H. The Labute approximate surface area is 180 Å². The van der Waals surface area contributed by atoms with E-state index >= 15 is 0 Å². The number of aliphatic imine (C=N–C) groups is 1. The van der Waals surface area contributed by atoms with Crippen LogP contribution in [0.4, 0.5) is 5.69 Å². The fourth-order valence-corrected chi connectivity index (χ4v) is 3.09. The van der Waals surface area contributed by atoms with Gasteiger partial charge in [0, 0.05) is 64.5 Å². The topological polar surface area (TPSA) is 100 Å². The molecule has 9 nitrogen and oxygen atoms in total. The lowest BCUT2D eigenvalue weighted by Gasteiger charge is -2.36. The number of benzene rings is 1. The molecule has 0 unspecified atom stereocenters. The zero-order chi connectivity index (χ0) is 19.2. The first-order valence-electron chi connectivity index (χ1n) is 8.88. The van der Waals surface area contributed by atoms with Crippen LogP contribution < -0.4 is 5.32 Å². The molecule has 0 spiro atoms. The molecule has 1 aliphatic heterocycles. The summed E-state index contributed by atoms with van der Waals surface area (Å²) in [6.45, 7) is 6.85. The first-order valence-corrected chi connectivity index (χ1v) is 8.88. The van der Waals surface area contributed by atoms with Crippen molar-refractivity contribution in [3.63, 3.8) is 0 Å². The van der Waals surface area contributed by atoms with E-state index in [9.17, 15) is 10.1 Å². The lowest BCUT2D eigenvalue weighted by Crippen LogP contribution is -2.52. The second-order valence-electron chi connectivity index (χ2n) is 6.52. The minimum atomic E-state index is -0.393. The highest BCUT2D eigenvalue weighted by Crippen LogP contribution is 2.12. The van der Waals surface area contributed by atoms with Gasteiger partial charge in [-0.15, -0.1) is 24.0 Å².